The van der Waals surface area contributed by atoms with Crippen LogP contribution in [0.25, 0.3) is 0 Å². The fourth-order valence-corrected chi connectivity index (χ4v) is 3.71. The predicted molar refractivity (Wildman–Crippen MR) is 99.8 cm³/mol. The summed E-state index contributed by atoms with van der Waals surface area (Å²) in [6.07, 6.45) is 0.653. The number of nitrogens with one attached hydrogen (secondary N) is 1. The smallest absolute Gasteiger partial charge is 0.264 e. The maximum atomic E-state index is 13.3. The number of carbonyl (C=O) groups is 1. The van der Waals surface area contributed by atoms with E-state index in [9.17, 15) is 22.0 Å². The Morgan fingerprint density at radius 1 is 1.00 bits per heavy atom. The van der Waals surface area contributed by atoms with Crippen LogP contribution in [0.1, 0.15) is 27.2 Å². The normalized spacial score (nSPS) is 11.9. The zero-order valence-corrected chi connectivity index (χ0v) is 16.2. The van der Waals surface area contributed by atoms with Gasteiger partial charge in [-0.2, -0.15) is 0 Å². The largest absolute Gasteiger partial charge is 0.350 e. The molecule has 2 rings (SSSR count). The molecule has 27 heavy (non-hydrogen) atoms. The highest BCUT2D eigenvalue weighted by atomic mass is 32.2. The van der Waals surface area contributed by atoms with Crippen LogP contribution >= 0.6 is 0 Å². The lowest BCUT2D eigenvalue weighted by molar-refractivity contribution is -0.121. The predicted octanol–water partition coefficient (Wildman–Crippen LogP) is 3.46. The van der Waals surface area contributed by atoms with E-state index in [1.54, 1.807) is 0 Å². The zero-order chi connectivity index (χ0) is 20.2. The van der Waals surface area contributed by atoms with Gasteiger partial charge in [-0.3, -0.25) is 9.10 Å². The summed E-state index contributed by atoms with van der Waals surface area (Å²) < 4.78 is 53.4. The lowest BCUT2D eigenvalue weighted by atomic mass is 10.0. The standard InChI is InChI=1S/C19H22F2N2O3S/c1-4-19(2,3)22-18(24)13-23(16-9-5-14(20)6-10-16)27(25,26)17-11-7-15(21)8-12-17/h5-12H,4,13H2,1-3H3,(H,22,24). The molecule has 1 N–H and O–H groups in total. The molecule has 0 bridgehead atoms. The minimum absolute atomic E-state index is 0.130. The van der Waals surface area contributed by atoms with Crippen LogP contribution in [-0.2, 0) is 14.8 Å². The Bertz CT molecular complexity index is 896. The first-order chi connectivity index (χ1) is 12.5. The van der Waals surface area contributed by atoms with Crippen LogP contribution in [-0.4, -0.2) is 26.4 Å². The average Bonchev–Trinajstić information content (AvgIpc) is 2.60. The number of anilines is 1. The highest BCUT2D eigenvalue weighted by Gasteiger charge is 2.29. The molecule has 0 spiro atoms. The number of rotatable bonds is 7. The number of halogens is 2. The Labute approximate surface area is 158 Å². The molecule has 2 aromatic rings. The fraction of sp³-hybridized carbons (Fsp3) is 0.316. The second-order valence-electron chi connectivity index (χ2n) is 6.73. The van der Waals surface area contributed by atoms with E-state index in [1.165, 1.54) is 12.1 Å². The molecule has 0 unspecified atom stereocenters. The highest BCUT2D eigenvalue weighted by Crippen LogP contribution is 2.24. The second kappa shape index (κ2) is 8.04. The van der Waals surface area contributed by atoms with E-state index in [2.05, 4.69) is 5.32 Å². The third-order valence-electron chi connectivity index (χ3n) is 4.17. The van der Waals surface area contributed by atoms with Crippen LogP contribution in [0.5, 0.6) is 0 Å². The molecule has 0 aliphatic carbocycles. The van der Waals surface area contributed by atoms with E-state index in [1.807, 2.05) is 20.8 Å². The Morgan fingerprint density at radius 3 is 1.96 bits per heavy atom. The lowest BCUT2D eigenvalue weighted by Gasteiger charge is -2.28. The van der Waals surface area contributed by atoms with Gasteiger partial charge in [0.2, 0.25) is 5.91 Å². The molecule has 0 saturated heterocycles. The van der Waals surface area contributed by atoms with Crippen molar-refractivity contribution in [2.24, 2.45) is 0 Å². The number of hydrogen-bond acceptors (Lipinski definition) is 3. The summed E-state index contributed by atoms with van der Waals surface area (Å²) in [6.45, 7) is 5.05. The molecule has 1 amide bonds. The van der Waals surface area contributed by atoms with Crippen molar-refractivity contribution in [1.29, 1.82) is 0 Å². The van der Waals surface area contributed by atoms with Gasteiger partial charge < -0.3 is 5.32 Å². The molecule has 5 nitrogen and oxygen atoms in total. The molecule has 146 valence electrons. The quantitative estimate of drug-likeness (QED) is 0.779. The van der Waals surface area contributed by atoms with Crippen LogP contribution in [0.4, 0.5) is 14.5 Å². The van der Waals surface area contributed by atoms with Gasteiger partial charge in [-0.25, -0.2) is 17.2 Å². The van der Waals surface area contributed by atoms with Crippen molar-refractivity contribution in [3.05, 3.63) is 60.2 Å². The zero-order valence-electron chi connectivity index (χ0n) is 15.4. The topological polar surface area (TPSA) is 66.5 Å². The van der Waals surface area contributed by atoms with Gasteiger partial charge in [0.25, 0.3) is 10.0 Å². The third-order valence-corrected chi connectivity index (χ3v) is 5.95. The number of hydrogen-bond donors (Lipinski definition) is 1. The van der Waals surface area contributed by atoms with Crippen molar-refractivity contribution in [2.75, 3.05) is 10.8 Å². The number of amides is 1. The monoisotopic (exact) mass is 396 g/mol. The van der Waals surface area contributed by atoms with Gasteiger partial charge in [0, 0.05) is 5.54 Å². The third kappa shape index (κ3) is 5.26. The molecule has 0 heterocycles. The molecule has 2 aromatic carbocycles. The lowest BCUT2D eigenvalue weighted by Crippen LogP contribution is -2.48. The van der Waals surface area contributed by atoms with Crippen molar-refractivity contribution in [2.45, 2.75) is 37.6 Å². The summed E-state index contributed by atoms with van der Waals surface area (Å²) in [5.74, 6) is -1.61. The van der Waals surface area contributed by atoms with Crippen LogP contribution in [0.2, 0.25) is 0 Å². The first-order valence-electron chi connectivity index (χ1n) is 8.40. The SMILES string of the molecule is CCC(C)(C)NC(=O)CN(c1ccc(F)cc1)S(=O)(=O)c1ccc(F)cc1. The fourth-order valence-electron chi connectivity index (χ4n) is 2.29. The van der Waals surface area contributed by atoms with Gasteiger partial charge in [-0.15, -0.1) is 0 Å². The molecular formula is C19H22F2N2O3S. The summed E-state index contributed by atoms with van der Waals surface area (Å²) in [7, 11) is -4.16. The maximum absolute atomic E-state index is 13.3. The summed E-state index contributed by atoms with van der Waals surface area (Å²) in [5.41, 5.74) is -0.379. The van der Waals surface area contributed by atoms with Crippen molar-refractivity contribution < 1.29 is 22.0 Å². The Hall–Kier alpha value is -2.48. The van der Waals surface area contributed by atoms with Crippen LogP contribution < -0.4 is 9.62 Å². The van der Waals surface area contributed by atoms with Gasteiger partial charge in [0.05, 0.1) is 10.6 Å². The summed E-state index contributed by atoms with van der Waals surface area (Å²) in [6, 6.07) is 9.05. The van der Waals surface area contributed by atoms with Crippen LogP contribution in [0.15, 0.2) is 53.4 Å². The van der Waals surface area contributed by atoms with Gasteiger partial charge in [-0.05, 0) is 68.8 Å². The molecule has 0 aromatic heterocycles. The first-order valence-corrected chi connectivity index (χ1v) is 9.84. The number of carbonyl (C=O) groups excluding carboxylic acids is 1. The summed E-state index contributed by atoms with van der Waals surface area (Å²) in [4.78, 5) is 12.3. The highest BCUT2D eigenvalue weighted by molar-refractivity contribution is 7.92. The maximum Gasteiger partial charge on any atom is 0.264 e. The first kappa shape index (κ1) is 20.8. The molecule has 8 heteroatoms. The number of benzene rings is 2. The van der Waals surface area contributed by atoms with E-state index in [0.29, 0.717) is 6.42 Å². The molecule has 0 radical (unpaired) electrons. The van der Waals surface area contributed by atoms with Crippen molar-refractivity contribution in [3.63, 3.8) is 0 Å². The van der Waals surface area contributed by atoms with Crippen LogP contribution in [0, 0.1) is 11.6 Å². The van der Waals surface area contributed by atoms with E-state index in [4.69, 9.17) is 0 Å². The van der Waals surface area contributed by atoms with E-state index < -0.39 is 39.6 Å². The van der Waals surface area contributed by atoms with Gasteiger partial charge >= 0.3 is 0 Å². The van der Waals surface area contributed by atoms with Gasteiger partial charge in [-0.1, -0.05) is 6.92 Å². The van der Waals surface area contributed by atoms with E-state index in [0.717, 1.165) is 40.7 Å². The van der Waals surface area contributed by atoms with Gasteiger partial charge in [0.15, 0.2) is 0 Å². The molecule has 0 atom stereocenters. The second-order valence-corrected chi connectivity index (χ2v) is 8.59. The van der Waals surface area contributed by atoms with E-state index >= 15 is 0 Å². The molecule has 0 aliphatic rings. The molecule has 0 fully saturated rings. The number of nitrogens with zero attached hydrogens (tertiary/aromatic N) is 1. The molecular weight excluding hydrogens is 374 g/mol. The molecule has 0 aliphatic heterocycles. The van der Waals surface area contributed by atoms with Gasteiger partial charge in [0.1, 0.15) is 18.2 Å². The van der Waals surface area contributed by atoms with Crippen LogP contribution in [0.3, 0.4) is 0 Å². The Morgan fingerprint density at radius 2 is 1.48 bits per heavy atom. The van der Waals surface area contributed by atoms with Crippen molar-refractivity contribution in [1.82, 2.24) is 5.32 Å². The molecule has 0 saturated carbocycles. The Kier molecular flexibility index (Phi) is 6.20. The minimum atomic E-state index is -4.16. The minimum Gasteiger partial charge on any atom is -0.350 e. The average molecular weight is 396 g/mol. The van der Waals surface area contributed by atoms with E-state index in [-0.39, 0.29) is 10.6 Å². The Balaban J connectivity index is 2.42. The van der Waals surface area contributed by atoms with Crippen molar-refractivity contribution >= 4 is 21.6 Å². The summed E-state index contributed by atoms with van der Waals surface area (Å²) >= 11 is 0. The summed E-state index contributed by atoms with van der Waals surface area (Å²) in [5, 5.41) is 2.77. The van der Waals surface area contributed by atoms with Crippen molar-refractivity contribution in [3.8, 4) is 0 Å². The number of sulfonamides is 1.